The zero-order valence-electron chi connectivity index (χ0n) is 19.3. The first-order valence-corrected chi connectivity index (χ1v) is 10.7. The fraction of sp³-hybridized carbons (Fsp3) is 0.320. The number of carboxylic acids is 2. The minimum absolute atomic E-state index is 0.0366. The van der Waals surface area contributed by atoms with Gasteiger partial charge in [-0.15, -0.1) is 0 Å². The van der Waals surface area contributed by atoms with Crippen LogP contribution in [0.5, 0.6) is 0 Å². The zero-order chi connectivity index (χ0) is 25.6. The van der Waals surface area contributed by atoms with Gasteiger partial charge in [0.25, 0.3) is 0 Å². The van der Waals surface area contributed by atoms with E-state index >= 15 is 0 Å². The van der Waals surface area contributed by atoms with Crippen LogP contribution in [0, 0.1) is 0 Å². The number of hydrogen-bond acceptors (Lipinski definition) is 7. The van der Waals surface area contributed by atoms with Gasteiger partial charge < -0.3 is 19.7 Å². The molecule has 0 amide bonds. The molecule has 34 heavy (non-hydrogen) atoms. The van der Waals surface area contributed by atoms with Gasteiger partial charge in [0.2, 0.25) is 0 Å². The van der Waals surface area contributed by atoms with Crippen molar-refractivity contribution < 1.29 is 43.7 Å². The Morgan fingerprint density at radius 1 is 0.676 bits per heavy atom. The maximum atomic E-state index is 13.1. The van der Waals surface area contributed by atoms with Crippen molar-refractivity contribution in [2.24, 2.45) is 0 Å². The standard InChI is InChI=1S/C25H26O9/c1-5-13(3)33-24(31)19-11-15(7-9-17(19)22(27)28)21(26)16-8-10-18(23(29)30)20(12-16)25(32)34-14(4)6-2/h7-14H,5-6H2,1-4H3,(H,27,28)(H,29,30). The van der Waals surface area contributed by atoms with E-state index in [2.05, 4.69) is 0 Å². The SMILES string of the molecule is CCC(C)OC(=O)c1cc(C(=O)c2ccc(C(=O)O)c(C(=O)OC(C)CC)c2)ccc1C(=O)O. The molecule has 0 bridgehead atoms. The smallest absolute Gasteiger partial charge is 0.339 e. The lowest BCUT2D eigenvalue weighted by Gasteiger charge is -2.14. The van der Waals surface area contributed by atoms with Crippen molar-refractivity contribution >= 4 is 29.7 Å². The second kappa shape index (κ2) is 11.2. The van der Waals surface area contributed by atoms with Gasteiger partial charge in [-0.2, -0.15) is 0 Å². The van der Waals surface area contributed by atoms with Crippen LogP contribution in [0.2, 0.25) is 0 Å². The first-order valence-electron chi connectivity index (χ1n) is 10.7. The molecule has 2 atom stereocenters. The highest BCUT2D eigenvalue weighted by Crippen LogP contribution is 2.21. The van der Waals surface area contributed by atoms with Crippen LogP contribution in [0.1, 0.15) is 97.9 Å². The van der Waals surface area contributed by atoms with Crippen LogP contribution in [-0.4, -0.2) is 52.1 Å². The second-order valence-corrected chi connectivity index (χ2v) is 7.71. The van der Waals surface area contributed by atoms with Gasteiger partial charge >= 0.3 is 23.9 Å². The van der Waals surface area contributed by atoms with Crippen LogP contribution < -0.4 is 0 Å². The molecule has 9 nitrogen and oxygen atoms in total. The van der Waals surface area contributed by atoms with E-state index in [1.54, 1.807) is 27.7 Å². The number of rotatable bonds is 10. The van der Waals surface area contributed by atoms with Crippen LogP contribution in [0.25, 0.3) is 0 Å². The Morgan fingerprint density at radius 3 is 1.32 bits per heavy atom. The third-order valence-electron chi connectivity index (χ3n) is 5.23. The summed E-state index contributed by atoms with van der Waals surface area (Å²) in [4.78, 5) is 61.3. The Balaban J connectivity index is 2.52. The predicted octanol–water partition coefficient (Wildman–Crippen LogP) is 4.22. The highest BCUT2D eigenvalue weighted by Gasteiger charge is 2.25. The summed E-state index contributed by atoms with van der Waals surface area (Å²) in [5.41, 5.74) is -1.32. The summed E-state index contributed by atoms with van der Waals surface area (Å²) in [5, 5.41) is 18.8. The molecule has 0 aliphatic heterocycles. The quantitative estimate of drug-likeness (QED) is 0.385. The Bertz CT molecular complexity index is 1050. The van der Waals surface area contributed by atoms with Gasteiger partial charge in [-0.05, 0) is 51.0 Å². The molecule has 0 saturated heterocycles. The Labute approximate surface area is 196 Å². The second-order valence-electron chi connectivity index (χ2n) is 7.71. The molecular weight excluding hydrogens is 444 g/mol. The Morgan fingerprint density at radius 2 is 1.03 bits per heavy atom. The van der Waals surface area contributed by atoms with Crippen LogP contribution >= 0.6 is 0 Å². The lowest BCUT2D eigenvalue weighted by atomic mass is 9.95. The summed E-state index contributed by atoms with van der Waals surface area (Å²) in [6.07, 6.45) is 0.100. The third-order valence-corrected chi connectivity index (χ3v) is 5.23. The van der Waals surface area contributed by atoms with Crippen LogP contribution in [-0.2, 0) is 9.47 Å². The molecule has 2 N–H and O–H groups in total. The number of carbonyl (C=O) groups is 5. The van der Waals surface area contributed by atoms with E-state index in [-0.39, 0.29) is 33.4 Å². The van der Waals surface area contributed by atoms with Crippen molar-refractivity contribution in [3.63, 3.8) is 0 Å². The maximum absolute atomic E-state index is 13.1. The first kappa shape index (κ1) is 26.2. The first-order chi connectivity index (χ1) is 16.0. The topological polar surface area (TPSA) is 144 Å². The number of carbonyl (C=O) groups excluding carboxylic acids is 3. The molecule has 2 rings (SSSR count). The van der Waals surface area contributed by atoms with Gasteiger partial charge in [-0.3, -0.25) is 4.79 Å². The monoisotopic (exact) mass is 470 g/mol. The van der Waals surface area contributed by atoms with E-state index < -0.39 is 41.9 Å². The molecule has 0 aliphatic rings. The molecule has 0 fully saturated rings. The molecule has 0 aliphatic carbocycles. The molecule has 0 radical (unpaired) electrons. The Hall–Kier alpha value is -4.01. The van der Waals surface area contributed by atoms with Gasteiger partial charge in [0.15, 0.2) is 5.78 Å². The van der Waals surface area contributed by atoms with Crippen molar-refractivity contribution in [2.45, 2.75) is 52.7 Å². The van der Waals surface area contributed by atoms with E-state index in [9.17, 15) is 34.2 Å². The lowest BCUT2D eigenvalue weighted by Crippen LogP contribution is -2.19. The van der Waals surface area contributed by atoms with Crippen LogP contribution in [0.15, 0.2) is 36.4 Å². The summed E-state index contributed by atoms with van der Waals surface area (Å²) in [7, 11) is 0. The lowest BCUT2D eigenvalue weighted by molar-refractivity contribution is 0.0320. The van der Waals surface area contributed by atoms with Crippen molar-refractivity contribution in [1.82, 2.24) is 0 Å². The van der Waals surface area contributed by atoms with E-state index in [1.165, 1.54) is 12.1 Å². The summed E-state index contributed by atoms with van der Waals surface area (Å²) in [6, 6.07) is 6.92. The van der Waals surface area contributed by atoms with Gasteiger partial charge in [0, 0.05) is 11.1 Å². The summed E-state index contributed by atoms with van der Waals surface area (Å²) >= 11 is 0. The fourth-order valence-corrected chi connectivity index (χ4v) is 2.91. The number of hydrogen-bond donors (Lipinski definition) is 2. The van der Waals surface area contributed by atoms with Crippen molar-refractivity contribution in [1.29, 1.82) is 0 Å². The van der Waals surface area contributed by atoms with E-state index in [0.717, 1.165) is 24.3 Å². The van der Waals surface area contributed by atoms with Crippen molar-refractivity contribution in [2.75, 3.05) is 0 Å². The molecule has 0 heterocycles. The number of esters is 2. The van der Waals surface area contributed by atoms with Crippen LogP contribution in [0.3, 0.4) is 0 Å². The molecule has 180 valence electrons. The largest absolute Gasteiger partial charge is 0.478 e. The number of carboxylic acid groups (broad SMARTS) is 2. The average Bonchev–Trinajstić information content (AvgIpc) is 2.82. The van der Waals surface area contributed by atoms with Gasteiger partial charge in [-0.25, -0.2) is 19.2 Å². The molecular formula is C25H26O9. The van der Waals surface area contributed by atoms with Gasteiger partial charge in [0.05, 0.1) is 34.5 Å². The molecule has 0 aromatic heterocycles. The highest BCUT2D eigenvalue weighted by atomic mass is 16.5. The Kier molecular flexibility index (Phi) is 8.66. The molecule has 9 heteroatoms. The number of ether oxygens (including phenoxy) is 2. The fourth-order valence-electron chi connectivity index (χ4n) is 2.91. The average molecular weight is 470 g/mol. The van der Waals surface area contributed by atoms with Crippen molar-refractivity contribution in [3.05, 3.63) is 69.8 Å². The predicted molar refractivity (Wildman–Crippen MR) is 121 cm³/mol. The van der Waals surface area contributed by atoms with E-state index in [1.807, 2.05) is 0 Å². The minimum atomic E-state index is -1.36. The molecule has 2 aromatic carbocycles. The van der Waals surface area contributed by atoms with Crippen molar-refractivity contribution in [3.8, 4) is 0 Å². The minimum Gasteiger partial charge on any atom is -0.478 e. The number of aromatic carboxylic acids is 2. The summed E-state index contributed by atoms with van der Waals surface area (Å²) in [5.74, 6) is -5.16. The van der Waals surface area contributed by atoms with Gasteiger partial charge in [0.1, 0.15) is 0 Å². The van der Waals surface area contributed by atoms with E-state index in [0.29, 0.717) is 12.8 Å². The van der Waals surface area contributed by atoms with E-state index in [4.69, 9.17) is 9.47 Å². The summed E-state index contributed by atoms with van der Waals surface area (Å²) in [6.45, 7) is 6.88. The zero-order valence-corrected chi connectivity index (χ0v) is 19.3. The molecule has 2 unspecified atom stereocenters. The molecule has 0 saturated carbocycles. The third kappa shape index (κ3) is 6.06. The van der Waals surface area contributed by atoms with Gasteiger partial charge in [-0.1, -0.05) is 26.0 Å². The molecule has 0 spiro atoms. The van der Waals surface area contributed by atoms with Crippen LogP contribution in [0.4, 0.5) is 0 Å². The maximum Gasteiger partial charge on any atom is 0.339 e. The summed E-state index contributed by atoms with van der Waals surface area (Å²) < 4.78 is 10.4. The highest BCUT2D eigenvalue weighted by molar-refractivity contribution is 6.13. The normalized spacial score (nSPS) is 12.4. The molecule has 2 aromatic rings. The number of benzene rings is 2. The number of ketones is 1.